The quantitative estimate of drug-likeness (QED) is 0.806. The summed E-state index contributed by atoms with van der Waals surface area (Å²) in [6.07, 6.45) is 12.1. The van der Waals surface area contributed by atoms with Gasteiger partial charge in [0.1, 0.15) is 0 Å². The molecule has 2 heterocycles. The molecule has 4 bridgehead atoms. The molecular formula is C20H32N2O. The fraction of sp³-hybridized carbons (Fsp3) is 0.950. The van der Waals surface area contributed by atoms with Crippen LogP contribution in [0.4, 0.5) is 0 Å². The van der Waals surface area contributed by atoms with Gasteiger partial charge in [0.15, 0.2) is 0 Å². The fourth-order valence-corrected chi connectivity index (χ4v) is 7.20. The highest BCUT2D eigenvalue weighted by molar-refractivity contribution is 5.80. The molecule has 6 aliphatic rings. The van der Waals surface area contributed by atoms with Crippen molar-refractivity contribution < 1.29 is 4.79 Å². The maximum atomic E-state index is 13.3. The van der Waals surface area contributed by atoms with E-state index in [1.54, 1.807) is 0 Å². The van der Waals surface area contributed by atoms with Crippen molar-refractivity contribution in [1.82, 2.24) is 10.2 Å². The van der Waals surface area contributed by atoms with Crippen molar-refractivity contribution in [2.24, 2.45) is 35.0 Å². The molecule has 3 heteroatoms. The molecule has 2 saturated heterocycles. The monoisotopic (exact) mass is 316 g/mol. The van der Waals surface area contributed by atoms with Crippen LogP contribution in [0.5, 0.6) is 0 Å². The minimum absolute atomic E-state index is 0.407. The van der Waals surface area contributed by atoms with Gasteiger partial charge in [0.05, 0.1) is 0 Å². The number of nitrogens with one attached hydrogen (secondary N) is 1. The number of hydrogen-bond donors (Lipinski definition) is 1. The number of carbonyl (C=O) groups excluding carboxylic acids is 1. The third-order valence-electron chi connectivity index (χ3n) is 8.31. The number of amides is 1. The van der Waals surface area contributed by atoms with Gasteiger partial charge in [0, 0.05) is 19.0 Å². The van der Waals surface area contributed by atoms with Gasteiger partial charge in [-0.1, -0.05) is 0 Å². The molecular weight excluding hydrogens is 284 g/mol. The second kappa shape index (κ2) is 5.47. The third-order valence-corrected chi connectivity index (χ3v) is 8.31. The van der Waals surface area contributed by atoms with E-state index in [2.05, 4.69) is 10.2 Å². The van der Waals surface area contributed by atoms with Crippen LogP contribution >= 0.6 is 0 Å². The zero-order valence-electron chi connectivity index (χ0n) is 14.4. The van der Waals surface area contributed by atoms with E-state index in [0.29, 0.717) is 17.2 Å². The average molecular weight is 316 g/mol. The van der Waals surface area contributed by atoms with Gasteiger partial charge in [-0.3, -0.25) is 4.79 Å². The van der Waals surface area contributed by atoms with Crippen LogP contribution in [0.15, 0.2) is 0 Å². The SMILES string of the molecule is O=C(C1C2CC3CC(C2)CC1C3)N1CCC2(CCNCC2)CC1. The van der Waals surface area contributed by atoms with Gasteiger partial charge in [0.25, 0.3) is 0 Å². The molecule has 128 valence electrons. The predicted molar refractivity (Wildman–Crippen MR) is 90.9 cm³/mol. The van der Waals surface area contributed by atoms with E-state index in [1.165, 1.54) is 70.9 Å². The number of rotatable bonds is 1. The number of nitrogens with zero attached hydrogens (tertiary/aromatic N) is 1. The standard InChI is InChI=1S/C20H32N2O/c23-19(18-16-10-14-9-15(12-16)13-17(18)11-14)22-7-3-20(4-8-22)1-5-21-6-2-20/h14-18,21H,1-13H2. The Morgan fingerprint density at radius 1 is 0.826 bits per heavy atom. The van der Waals surface area contributed by atoms with E-state index in [-0.39, 0.29) is 0 Å². The minimum Gasteiger partial charge on any atom is -0.342 e. The Labute approximate surface area is 140 Å². The molecule has 6 rings (SSSR count). The zero-order chi connectivity index (χ0) is 15.4. The van der Waals surface area contributed by atoms with E-state index in [0.717, 1.165) is 36.8 Å². The number of likely N-dealkylation sites (tertiary alicyclic amines) is 1. The molecule has 0 aromatic rings. The van der Waals surface area contributed by atoms with Crippen molar-refractivity contribution in [3.63, 3.8) is 0 Å². The lowest BCUT2D eigenvalue weighted by Crippen LogP contribution is -2.54. The molecule has 6 fully saturated rings. The molecule has 0 atom stereocenters. The first-order chi connectivity index (χ1) is 11.2. The molecule has 1 N–H and O–H groups in total. The van der Waals surface area contributed by atoms with Crippen molar-refractivity contribution in [2.45, 2.75) is 57.8 Å². The summed E-state index contributed by atoms with van der Waals surface area (Å²) in [4.78, 5) is 15.6. The summed E-state index contributed by atoms with van der Waals surface area (Å²) in [5.74, 6) is 4.40. The smallest absolute Gasteiger partial charge is 0.226 e. The maximum Gasteiger partial charge on any atom is 0.226 e. The third kappa shape index (κ3) is 2.45. The van der Waals surface area contributed by atoms with E-state index < -0.39 is 0 Å². The van der Waals surface area contributed by atoms with Crippen molar-refractivity contribution >= 4 is 5.91 Å². The van der Waals surface area contributed by atoms with Crippen LogP contribution in [0.25, 0.3) is 0 Å². The molecule has 2 aliphatic heterocycles. The van der Waals surface area contributed by atoms with Crippen molar-refractivity contribution in [3.05, 3.63) is 0 Å². The van der Waals surface area contributed by atoms with E-state index in [9.17, 15) is 4.79 Å². The van der Waals surface area contributed by atoms with Crippen LogP contribution in [0, 0.1) is 35.0 Å². The fourth-order valence-electron chi connectivity index (χ4n) is 7.20. The summed E-state index contributed by atoms with van der Waals surface area (Å²) >= 11 is 0. The van der Waals surface area contributed by atoms with Gasteiger partial charge in [-0.05, 0) is 100.0 Å². The normalized spacial score (nSPS) is 44.7. The summed E-state index contributed by atoms with van der Waals surface area (Å²) in [5, 5.41) is 3.50. The van der Waals surface area contributed by atoms with E-state index >= 15 is 0 Å². The summed E-state index contributed by atoms with van der Waals surface area (Å²) in [6.45, 7) is 4.45. The highest BCUT2D eigenvalue weighted by atomic mass is 16.2. The first-order valence-electron chi connectivity index (χ1n) is 10.2. The van der Waals surface area contributed by atoms with Gasteiger partial charge in [-0.15, -0.1) is 0 Å². The van der Waals surface area contributed by atoms with Crippen LogP contribution in [0.1, 0.15) is 57.8 Å². The molecule has 0 aromatic heterocycles. The maximum absolute atomic E-state index is 13.3. The Hall–Kier alpha value is -0.570. The second-order valence-electron chi connectivity index (χ2n) is 9.53. The zero-order valence-corrected chi connectivity index (χ0v) is 14.4. The Morgan fingerprint density at radius 3 is 1.96 bits per heavy atom. The number of piperidine rings is 2. The van der Waals surface area contributed by atoms with Crippen LogP contribution in [-0.2, 0) is 4.79 Å². The van der Waals surface area contributed by atoms with E-state index in [4.69, 9.17) is 0 Å². The van der Waals surface area contributed by atoms with Crippen LogP contribution < -0.4 is 5.32 Å². The Bertz CT molecular complexity index is 444. The molecule has 1 spiro atoms. The summed E-state index contributed by atoms with van der Waals surface area (Å²) < 4.78 is 0. The Kier molecular flexibility index (Phi) is 3.51. The molecule has 0 unspecified atom stereocenters. The summed E-state index contributed by atoms with van der Waals surface area (Å²) in [7, 11) is 0. The van der Waals surface area contributed by atoms with Crippen molar-refractivity contribution in [2.75, 3.05) is 26.2 Å². The number of carbonyl (C=O) groups is 1. The van der Waals surface area contributed by atoms with Crippen LogP contribution in [0.3, 0.4) is 0 Å². The molecule has 4 saturated carbocycles. The first kappa shape index (κ1) is 14.7. The lowest BCUT2D eigenvalue weighted by Gasteiger charge is -2.55. The van der Waals surface area contributed by atoms with Crippen molar-refractivity contribution in [1.29, 1.82) is 0 Å². The van der Waals surface area contributed by atoms with Gasteiger partial charge in [0.2, 0.25) is 5.91 Å². The Balaban J connectivity index is 1.25. The highest BCUT2D eigenvalue weighted by Gasteiger charge is 2.52. The van der Waals surface area contributed by atoms with Gasteiger partial charge in [-0.2, -0.15) is 0 Å². The topological polar surface area (TPSA) is 32.3 Å². The van der Waals surface area contributed by atoms with Crippen LogP contribution in [-0.4, -0.2) is 37.0 Å². The molecule has 23 heavy (non-hydrogen) atoms. The van der Waals surface area contributed by atoms with Gasteiger partial charge in [-0.25, -0.2) is 0 Å². The Morgan fingerprint density at radius 2 is 1.39 bits per heavy atom. The lowest BCUT2D eigenvalue weighted by atomic mass is 9.51. The summed E-state index contributed by atoms with van der Waals surface area (Å²) in [6, 6.07) is 0. The molecule has 0 radical (unpaired) electrons. The minimum atomic E-state index is 0.407. The molecule has 0 aromatic carbocycles. The molecule has 3 nitrogen and oxygen atoms in total. The average Bonchev–Trinajstić information content (AvgIpc) is 2.55. The number of hydrogen-bond acceptors (Lipinski definition) is 2. The molecule has 1 amide bonds. The summed E-state index contributed by atoms with van der Waals surface area (Å²) in [5.41, 5.74) is 0.562. The second-order valence-corrected chi connectivity index (χ2v) is 9.53. The predicted octanol–water partition coefficient (Wildman–Crippen LogP) is 3.05. The van der Waals surface area contributed by atoms with E-state index in [1.807, 2.05) is 0 Å². The largest absolute Gasteiger partial charge is 0.342 e. The highest BCUT2D eigenvalue weighted by Crippen LogP contribution is 2.57. The molecule has 4 aliphatic carbocycles. The van der Waals surface area contributed by atoms with Gasteiger partial charge < -0.3 is 10.2 Å². The first-order valence-corrected chi connectivity index (χ1v) is 10.2. The van der Waals surface area contributed by atoms with Crippen LogP contribution in [0.2, 0.25) is 0 Å². The van der Waals surface area contributed by atoms with Crippen molar-refractivity contribution in [3.8, 4) is 0 Å². The lowest BCUT2D eigenvalue weighted by molar-refractivity contribution is -0.151. The van der Waals surface area contributed by atoms with Gasteiger partial charge >= 0.3 is 0 Å².